The molecule has 1 N–H and O–H groups in total. The van der Waals surface area contributed by atoms with Gasteiger partial charge in [0, 0.05) is 11.9 Å². The van der Waals surface area contributed by atoms with Gasteiger partial charge >= 0.3 is 5.97 Å². The molecule has 0 spiro atoms. The highest BCUT2D eigenvalue weighted by Gasteiger charge is 2.40. The number of amides is 1. The molecule has 1 aliphatic rings. The molecule has 1 aromatic heterocycles. The SMILES string of the molecule is CCc1ccc(C(=O)N(C)C2(CC(=O)O)CCCCC2)s1. The molecule has 0 atom stereocenters. The number of nitrogens with zero attached hydrogens (tertiary/aromatic N) is 1. The van der Waals surface area contributed by atoms with Crippen molar-refractivity contribution in [3.05, 3.63) is 21.9 Å². The van der Waals surface area contributed by atoms with Gasteiger partial charge in [-0.25, -0.2) is 0 Å². The lowest BCUT2D eigenvalue weighted by molar-refractivity contribution is -0.140. The fraction of sp³-hybridized carbons (Fsp3) is 0.625. The Morgan fingerprint density at radius 2 is 1.95 bits per heavy atom. The second-order valence-corrected chi connectivity index (χ2v) is 7.01. The molecule has 2 rings (SSSR count). The van der Waals surface area contributed by atoms with E-state index in [0.717, 1.165) is 38.5 Å². The molecule has 4 nitrogen and oxygen atoms in total. The van der Waals surface area contributed by atoms with Crippen LogP contribution in [0.1, 0.15) is 60.0 Å². The molecule has 0 saturated heterocycles. The summed E-state index contributed by atoms with van der Waals surface area (Å²) in [5, 5.41) is 9.24. The van der Waals surface area contributed by atoms with Gasteiger partial charge in [0.2, 0.25) is 0 Å². The quantitative estimate of drug-likeness (QED) is 0.904. The number of hydrogen-bond acceptors (Lipinski definition) is 3. The van der Waals surface area contributed by atoms with Crippen molar-refractivity contribution in [3.8, 4) is 0 Å². The molecule has 1 amide bonds. The van der Waals surface area contributed by atoms with E-state index in [1.807, 2.05) is 12.1 Å². The van der Waals surface area contributed by atoms with Crippen LogP contribution in [0.5, 0.6) is 0 Å². The predicted molar refractivity (Wildman–Crippen MR) is 83.9 cm³/mol. The van der Waals surface area contributed by atoms with E-state index in [9.17, 15) is 14.7 Å². The number of carbonyl (C=O) groups is 2. The number of carboxylic acids is 1. The molecule has 0 aromatic carbocycles. The van der Waals surface area contributed by atoms with E-state index < -0.39 is 11.5 Å². The van der Waals surface area contributed by atoms with Crippen molar-refractivity contribution in [1.29, 1.82) is 0 Å². The Labute approximate surface area is 129 Å². The first-order chi connectivity index (χ1) is 9.98. The fourth-order valence-corrected chi connectivity index (χ4v) is 4.11. The number of thiophene rings is 1. The van der Waals surface area contributed by atoms with Crippen molar-refractivity contribution in [2.75, 3.05) is 7.05 Å². The van der Waals surface area contributed by atoms with Gasteiger partial charge < -0.3 is 10.0 Å². The van der Waals surface area contributed by atoms with Gasteiger partial charge in [0.1, 0.15) is 0 Å². The van der Waals surface area contributed by atoms with E-state index >= 15 is 0 Å². The topological polar surface area (TPSA) is 57.6 Å². The molecular formula is C16H23NO3S. The van der Waals surface area contributed by atoms with Crippen LogP contribution in [0.2, 0.25) is 0 Å². The van der Waals surface area contributed by atoms with E-state index in [4.69, 9.17) is 0 Å². The van der Waals surface area contributed by atoms with Crippen molar-refractivity contribution in [2.24, 2.45) is 0 Å². The zero-order valence-electron chi connectivity index (χ0n) is 12.7. The van der Waals surface area contributed by atoms with Crippen molar-refractivity contribution in [3.63, 3.8) is 0 Å². The Morgan fingerprint density at radius 3 is 2.48 bits per heavy atom. The first kappa shape index (κ1) is 16.0. The Bertz CT molecular complexity index is 517. The van der Waals surface area contributed by atoms with Crippen molar-refractivity contribution in [2.45, 2.75) is 57.4 Å². The van der Waals surface area contributed by atoms with E-state index in [2.05, 4.69) is 6.92 Å². The zero-order valence-corrected chi connectivity index (χ0v) is 13.5. The van der Waals surface area contributed by atoms with Crippen LogP contribution in [0, 0.1) is 0 Å². The average Bonchev–Trinajstić information content (AvgIpc) is 2.95. The largest absolute Gasteiger partial charge is 0.481 e. The maximum atomic E-state index is 12.7. The standard InChI is InChI=1S/C16H23NO3S/c1-3-12-7-8-13(21-12)15(20)17(2)16(11-14(18)19)9-5-4-6-10-16/h7-8H,3-6,9-11H2,1-2H3,(H,18,19). The molecule has 0 radical (unpaired) electrons. The summed E-state index contributed by atoms with van der Waals surface area (Å²) >= 11 is 1.51. The first-order valence-corrected chi connectivity index (χ1v) is 8.39. The van der Waals surface area contributed by atoms with Gasteiger partial charge in [0.05, 0.1) is 16.8 Å². The van der Waals surface area contributed by atoms with Crippen LogP contribution < -0.4 is 0 Å². The Morgan fingerprint density at radius 1 is 1.29 bits per heavy atom. The second-order valence-electron chi connectivity index (χ2n) is 5.84. The molecule has 1 fully saturated rings. The number of carboxylic acid groups (broad SMARTS) is 1. The summed E-state index contributed by atoms with van der Waals surface area (Å²) in [7, 11) is 1.77. The third kappa shape index (κ3) is 3.46. The van der Waals surface area contributed by atoms with Crippen LogP contribution >= 0.6 is 11.3 Å². The van der Waals surface area contributed by atoms with Crippen molar-refractivity contribution < 1.29 is 14.7 Å². The monoisotopic (exact) mass is 309 g/mol. The van der Waals surface area contributed by atoms with Gasteiger partial charge in [-0.3, -0.25) is 9.59 Å². The summed E-state index contributed by atoms with van der Waals surface area (Å²) in [6.45, 7) is 2.07. The van der Waals surface area contributed by atoms with Crippen LogP contribution in [-0.4, -0.2) is 34.5 Å². The van der Waals surface area contributed by atoms with Gasteiger partial charge in [0.15, 0.2) is 0 Å². The van der Waals surface area contributed by atoms with Crippen molar-refractivity contribution in [1.82, 2.24) is 4.90 Å². The zero-order chi connectivity index (χ0) is 15.5. The first-order valence-electron chi connectivity index (χ1n) is 7.57. The lowest BCUT2D eigenvalue weighted by atomic mass is 9.78. The highest BCUT2D eigenvalue weighted by molar-refractivity contribution is 7.14. The summed E-state index contributed by atoms with van der Waals surface area (Å²) in [5.41, 5.74) is -0.516. The van der Waals surface area contributed by atoms with Gasteiger partial charge in [-0.2, -0.15) is 0 Å². The number of hydrogen-bond donors (Lipinski definition) is 1. The summed E-state index contributed by atoms with van der Waals surface area (Å²) < 4.78 is 0. The van der Waals surface area contributed by atoms with E-state index in [0.29, 0.717) is 4.88 Å². The minimum atomic E-state index is -0.822. The molecule has 0 aliphatic heterocycles. The highest BCUT2D eigenvalue weighted by Crippen LogP contribution is 2.37. The van der Waals surface area contributed by atoms with Gasteiger partial charge in [-0.05, 0) is 31.4 Å². The average molecular weight is 309 g/mol. The predicted octanol–water partition coefficient (Wildman–Crippen LogP) is 3.56. The molecule has 0 bridgehead atoms. The van der Waals surface area contributed by atoms with Crippen LogP contribution in [0.3, 0.4) is 0 Å². The molecule has 5 heteroatoms. The summed E-state index contributed by atoms with van der Waals surface area (Å²) in [6.07, 6.45) is 5.65. The Balaban J connectivity index is 2.22. The van der Waals surface area contributed by atoms with E-state index in [1.54, 1.807) is 11.9 Å². The van der Waals surface area contributed by atoms with E-state index in [-0.39, 0.29) is 12.3 Å². The van der Waals surface area contributed by atoms with Gasteiger partial charge in [-0.15, -0.1) is 11.3 Å². The van der Waals surface area contributed by atoms with Gasteiger partial charge in [0.25, 0.3) is 5.91 Å². The molecule has 1 saturated carbocycles. The number of rotatable bonds is 5. The number of aryl methyl sites for hydroxylation is 1. The minimum Gasteiger partial charge on any atom is -0.481 e. The smallest absolute Gasteiger partial charge is 0.305 e. The molecule has 116 valence electrons. The van der Waals surface area contributed by atoms with E-state index in [1.165, 1.54) is 16.2 Å². The summed E-state index contributed by atoms with van der Waals surface area (Å²) in [4.78, 5) is 27.6. The van der Waals surface area contributed by atoms with Crippen LogP contribution in [0.4, 0.5) is 0 Å². The molecule has 0 unspecified atom stereocenters. The Kier molecular flexibility index (Phi) is 5.04. The van der Waals surface area contributed by atoms with Gasteiger partial charge in [-0.1, -0.05) is 26.2 Å². The summed E-state index contributed by atoms with van der Waals surface area (Å²) in [6, 6.07) is 3.84. The van der Waals surface area contributed by atoms with Crippen LogP contribution in [0.25, 0.3) is 0 Å². The number of aliphatic carboxylic acids is 1. The molecule has 1 aliphatic carbocycles. The van der Waals surface area contributed by atoms with Crippen LogP contribution in [-0.2, 0) is 11.2 Å². The minimum absolute atomic E-state index is 0.0390. The maximum absolute atomic E-state index is 12.7. The fourth-order valence-electron chi connectivity index (χ4n) is 3.19. The van der Waals surface area contributed by atoms with Crippen molar-refractivity contribution >= 4 is 23.2 Å². The lowest BCUT2D eigenvalue weighted by Crippen LogP contribution is -2.51. The molecule has 21 heavy (non-hydrogen) atoms. The maximum Gasteiger partial charge on any atom is 0.305 e. The highest BCUT2D eigenvalue weighted by atomic mass is 32.1. The Hall–Kier alpha value is -1.36. The molecular weight excluding hydrogens is 286 g/mol. The normalized spacial score (nSPS) is 17.4. The third-order valence-electron chi connectivity index (χ3n) is 4.50. The number of carbonyl (C=O) groups excluding carboxylic acids is 1. The molecule has 1 heterocycles. The summed E-state index contributed by atoms with van der Waals surface area (Å²) in [5.74, 6) is -0.861. The second kappa shape index (κ2) is 6.60. The third-order valence-corrected chi connectivity index (χ3v) is 5.72. The lowest BCUT2D eigenvalue weighted by Gasteiger charge is -2.43. The van der Waals surface area contributed by atoms with Crippen LogP contribution in [0.15, 0.2) is 12.1 Å². The molecule has 1 aromatic rings.